The van der Waals surface area contributed by atoms with Crippen molar-refractivity contribution < 1.29 is 19.1 Å². The zero-order valence-electron chi connectivity index (χ0n) is 10.1. The molecule has 0 rings (SSSR count). The van der Waals surface area contributed by atoms with Crippen molar-refractivity contribution in [3.63, 3.8) is 0 Å². The number of hydrogen-bond donors (Lipinski definition) is 0. The summed E-state index contributed by atoms with van der Waals surface area (Å²) < 4.78 is 9.48. The Morgan fingerprint density at radius 3 is 2.31 bits per heavy atom. The SMILES string of the molecule is [C-]#[N+][C@@H](CCC(=O)OC(C)(C)C)C(=O)OC. The average Bonchev–Trinajstić information content (AvgIpc) is 2.15. The van der Waals surface area contributed by atoms with Crippen molar-refractivity contribution in [1.29, 1.82) is 0 Å². The normalized spacial score (nSPS) is 12.4. The van der Waals surface area contributed by atoms with E-state index in [1.165, 1.54) is 7.11 Å². The summed E-state index contributed by atoms with van der Waals surface area (Å²) in [6, 6.07) is -0.919. The van der Waals surface area contributed by atoms with Gasteiger partial charge in [-0.25, -0.2) is 11.4 Å². The van der Waals surface area contributed by atoms with Gasteiger partial charge in [-0.1, -0.05) is 0 Å². The fourth-order valence-electron chi connectivity index (χ4n) is 1.02. The van der Waals surface area contributed by atoms with Gasteiger partial charge in [-0.2, -0.15) is 0 Å². The van der Waals surface area contributed by atoms with Gasteiger partial charge in [0.2, 0.25) is 0 Å². The number of ether oxygens (including phenoxy) is 2. The molecule has 0 amide bonds. The topological polar surface area (TPSA) is 57.0 Å². The molecule has 0 aliphatic carbocycles. The Bertz CT molecular complexity index is 298. The van der Waals surface area contributed by atoms with E-state index in [0.29, 0.717) is 0 Å². The van der Waals surface area contributed by atoms with E-state index in [-0.39, 0.29) is 12.8 Å². The van der Waals surface area contributed by atoms with Gasteiger partial charge in [0, 0.05) is 6.42 Å². The summed E-state index contributed by atoms with van der Waals surface area (Å²) in [6.07, 6.45) is 0.171. The predicted octanol–water partition coefficient (Wildman–Crippen LogP) is 1.57. The maximum atomic E-state index is 11.3. The lowest BCUT2D eigenvalue weighted by atomic mass is 10.1. The monoisotopic (exact) mass is 227 g/mol. The lowest BCUT2D eigenvalue weighted by Crippen LogP contribution is -2.25. The lowest BCUT2D eigenvalue weighted by molar-refractivity contribution is -0.155. The molecule has 0 heterocycles. The second-order valence-corrected chi connectivity index (χ2v) is 4.29. The highest BCUT2D eigenvalue weighted by molar-refractivity contribution is 5.78. The first kappa shape index (κ1) is 14.4. The summed E-state index contributed by atoms with van der Waals surface area (Å²) in [5.41, 5.74) is -0.546. The molecule has 0 aliphatic rings. The number of esters is 2. The van der Waals surface area contributed by atoms with Gasteiger partial charge in [0.15, 0.2) is 0 Å². The molecular formula is C11H17NO4. The van der Waals surface area contributed by atoms with Gasteiger partial charge in [0.05, 0.1) is 13.5 Å². The van der Waals surface area contributed by atoms with Crippen LogP contribution in [0, 0.1) is 6.57 Å². The first-order chi connectivity index (χ1) is 7.30. The molecule has 90 valence electrons. The highest BCUT2D eigenvalue weighted by atomic mass is 16.6. The van der Waals surface area contributed by atoms with E-state index in [2.05, 4.69) is 9.58 Å². The molecule has 0 saturated carbocycles. The van der Waals surface area contributed by atoms with Crippen molar-refractivity contribution in [2.75, 3.05) is 7.11 Å². The molecule has 1 atom stereocenters. The van der Waals surface area contributed by atoms with Crippen LogP contribution in [0.4, 0.5) is 0 Å². The first-order valence-corrected chi connectivity index (χ1v) is 4.96. The van der Waals surface area contributed by atoms with Crippen molar-refractivity contribution in [3.8, 4) is 0 Å². The van der Waals surface area contributed by atoms with E-state index in [4.69, 9.17) is 11.3 Å². The van der Waals surface area contributed by atoms with Crippen molar-refractivity contribution in [3.05, 3.63) is 11.4 Å². The molecule has 0 radical (unpaired) electrons. The molecule has 0 aromatic rings. The van der Waals surface area contributed by atoms with Gasteiger partial charge in [-0.3, -0.25) is 4.79 Å². The third-order valence-electron chi connectivity index (χ3n) is 1.67. The van der Waals surface area contributed by atoms with Gasteiger partial charge in [0.25, 0.3) is 0 Å². The van der Waals surface area contributed by atoms with Crippen LogP contribution in [0.5, 0.6) is 0 Å². The third kappa shape index (κ3) is 6.02. The number of carbonyl (C=O) groups excluding carboxylic acids is 2. The second-order valence-electron chi connectivity index (χ2n) is 4.29. The Balaban J connectivity index is 4.10. The Morgan fingerprint density at radius 2 is 1.94 bits per heavy atom. The largest absolute Gasteiger partial charge is 0.463 e. The maximum absolute atomic E-state index is 11.3. The molecule has 16 heavy (non-hydrogen) atoms. The van der Waals surface area contributed by atoms with Crippen LogP contribution in [0.15, 0.2) is 0 Å². The minimum atomic E-state index is -0.919. The zero-order chi connectivity index (χ0) is 12.8. The van der Waals surface area contributed by atoms with E-state index >= 15 is 0 Å². The molecule has 5 nitrogen and oxygen atoms in total. The van der Waals surface area contributed by atoms with E-state index in [0.717, 1.165) is 0 Å². The lowest BCUT2D eigenvalue weighted by Gasteiger charge is -2.19. The number of methoxy groups -OCH3 is 1. The standard InChI is InChI=1S/C11H17NO4/c1-11(2,3)16-9(13)7-6-8(12-4)10(14)15-5/h8H,6-7H2,1-3,5H3/t8-/m0/s1. The van der Waals surface area contributed by atoms with Gasteiger partial charge in [-0.15, -0.1) is 0 Å². The molecule has 0 aliphatic heterocycles. The minimum Gasteiger partial charge on any atom is -0.463 e. The van der Waals surface area contributed by atoms with Crippen LogP contribution in [0.1, 0.15) is 33.6 Å². The number of carbonyl (C=O) groups is 2. The van der Waals surface area contributed by atoms with Gasteiger partial charge in [-0.05, 0) is 20.8 Å². The van der Waals surface area contributed by atoms with E-state index in [1.807, 2.05) is 0 Å². The fourth-order valence-corrected chi connectivity index (χ4v) is 1.02. The summed E-state index contributed by atoms with van der Waals surface area (Å²) in [4.78, 5) is 25.5. The summed E-state index contributed by atoms with van der Waals surface area (Å²) in [7, 11) is 1.22. The molecule has 0 aromatic carbocycles. The van der Waals surface area contributed by atoms with Crippen molar-refractivity contribution in [1.82, 2.24) is 0 Å². The maximum Gasteiger partial charge on any atom is 0.389 e. The number of rotatable bonds is 4. The Kier molecular flexibility index (Phi) is 5.51. The van der Waals surface area contributed by atoms with Crippen molar-refractivity contribution in [2.24, 2.45) is 0 Å². The molecule has 0 bridgehead atoms. The Hall–Kier alpha value is -1.57. The molecule has 0 N–H and O–H groups in total. The van der Waals surface area contributed by atoms with E-state index in [1.54, 1.807) is 20.8 Å². The van der Waals surface area contributed by atoms with Crippen LogP contribution in [0.2, 0.25) is 0 Å². The van der Waals surface area contributed by atoms with Gasteiger partial charge < -0.3 is 14.3 Å². The molecule has 0 fully saturated rings. The Morgan fingerprint density at radius 1 is 1.38 bits per heavy atom. The van der Waals surface area contributed by atoms with Crippen LogP contribution >= 0.6 is 0 Å². The van der Waals surface area contributed by atoms with Crippen LogP contribution in [0.3, 0.4) is 0 Å². The van der Waals surface area contributed by atoms with E-state index < -0.39 is 23.6 Å². The quantitative estimate of drug-likeness (QED) is 0.540. The molecule has 0 unspecified atom stereocenters. The van der Waals surface area contributed by atoms with Crippen LogP contribution in [-0.4, -0.2) is 30.7 Å². The third-order valence-corrected chi connectivity index (χ3v) is 1.67. The molecule has 0 spiro atoms. The molecule has 5 heteroatoms. The van der Waals surface area contributed by atoms with Gasteiger partial charge >= 0.3 is 18.0 Å². The second kappa shape index (κ2) is 6.11. The predicted molar refractivity (Wildman–Crippen MR) is 57.5 cm³/mol. The average molecular weight is 227 g/mol. The molecule has 0 aromatic heterocycles. The summed E-state index contributed by atoms with van der Waals surface area (Å²) in [6.45, 7) is 12.1. The van der Waals surface area contributed by atoms with Crippen molar-refractivity contribution >= 4 is 11.9 Å². The van der Waals surface area contributed by atoms with Crippen LogP contribution < -0.4 is 0 Å². The summed E-state index contributed by atoms with van der Waals surface area (Å²) in [5, 5.41) is 0. The highest BCUT2D eigenvalue weighted by Gasteiger charge is 2.26. The molecular weight excluding hydrogens is 210 g/mol. The smallest absolute Gasteiger partial charge is 0.389 e. The first-order valence-electron chi connectivity index (χ1n) is 4.96. The summed E-state index contributed by atoms with van der Waals surface area (Å²) in [5.74, 6) is -1.02. The Labute approximate surface area is 95.5 Å². The number of nitrogens with zero attached hydrogens (tertiary/aromatic N) is 1. The van der Waals surface area contributed by atoms with E-state index in [9.17, 15) is 9.59 Å². The van der Waals surface area contributed by atoms with Crippen molar-refractivity contribution in [2.45, 2.75) is 45.3 Å². The minimum absolute atomic E-state index is 0.0411. The van der Waals surface area contributed by atoms with Crippen LogP contribution in [0.25, 0.3) is 4.85 Å². The highest BCUT2D eigenvalue weighted by Crippen LogP contribution is 2.11. The van der Waals surface area contributed by atoms with Gasteiger partial charge in [0.1, 0.15) is 5.60 Å². The fraction of sp³-hybridized carbons (Fsp3) is 0.727. The number of hydrogen-bond acceptors (Lipinski definition) is 4. The summed E-state index contributed by atoms with van der Waals surface area (Å²) >= 11 is 0. The van der Waals surface area contributed by atoms with Crippen LogP contribution in [-0.2, 0) is 19.1 Å². The molecule has 0 saturated heterocycles. The zero-order valence-corrected chi connectivity index (χ0v) is 10.1.